The molecule has 2 aromatic carbocycles. The van der Waals surface area contributed by atoms with Crippen molar-refractivity contribution < 1.29 is 5.11 Å². The minimum Gasteiger partial charge on any atom is -0.391 e. The van der Waals surface area contributed by atoms with E-state index in [1.165, 1.54) is 16.7 Å². The van der Waals surface area contributed by atoms with Crippen LogP contribution in [0.4, 0.5) is 5.69 Å². The molecule has 3 heteroatoms. The van der Waals surface area contributed by atoms with Crippen molar-refractivity contribution in [3.05, 3.63) is 63.6 Å². The SMILES string of the molecule is Cc1cc(C)cc(CC(O)CNc2ccc(Br)cc2)c1. The lowest BCUT2D eigenvalue weighted by Crippen LogP contribution is -2.21. The van der Waals surface area contributed by atoms with Crippen molar-refractivity contribution in [1.29, 1.82) is 0 Å². The number of hydrogen-bond acceptors (Lipinski definition) is 2. The van der Waals surface area contributed by atoms with Gasteiger partial charge in [0, 0.05) is 23.1 Å². The Morgan fingerprint density at radius 3 is 2.25 bits per heavy atom. The molecular weight excluding hydrogens is 314 g/mol. The number of hydrogen-bond donors (Lipinski definition) is 2. The van der Waals surface area contributed by atoms with E-state index < -0.39 is 0 Å². The van der Waals surface area contributed by atoms with Crippen molar-refractivity contribution in [2.45, 2.75) is 26.4 Å². The number of benzene rings is 2. The zero-order valence-corrected chi connectivity index (χ0v) is 13.4. The summed E-state index contributed by atoms with van der Waals surface area (Å²) in [7, 11) is 0. The van der Waals surface area contributed by atoms with Crippen molar-refractivity contribution in [1.82, 2.24) is 0 Å². The Balaban J connectivity index is 1.88. The van der Waals surface area contributed by atoms with Gasteiger partial charge in [0.25, 0.3) is 0 Å². The first-order valence-corrected chi connectivity index (χ1v) is 7.57. The summed E-state index contributed by atoms with van der Waals surface area (Å²) in [6, 6.07) is 14.4. The highest BCUT2D eigenvalue weighted by molar-refractivity contribution is 9.10. The average Bonchev–Trinajstić information content (AvgIpc) is 2.37. The summed E-state index contributed by atoms with van der Waals surface area (Å²) >= 11 is 3.41. The minimum absolute atomic E-state index is 0.389. The zero-order valence-electron chi connectivity index (χ0n) is 11.9. The maximum absolute atomic E-state index is 10.1. The van der Waals surface area contributed by atoms with Crippen LogP contribution in [0.3, 0.4) is 0 Å². The Morgan fingerprint density at radius 2 is 1.65 bits per heavy atom. The van der Waals surface area contributed by atoms with E-state index in [-0.39, 0.29) is 6.10 Å². The fourth-order valence-electron chi connectivity index (χ4n) is 2.33. The van der Waals surface area contributed by atoms with Gasteiger partial charge in [-0.3, -0.25) is 0 Å². The molecule has 0 aliphatic rings. The molecule has 2 N–H and O–H groups in total. The molecule has 2 rings (SSSR count). The van der Waals surface area contributed by atoms with Crippen molar-refractivity contribution >= 4 is 21.6 Å². The summed E-state index contributed by atoms with van der Waals surface area (Å²) in [6.07, 6.45) is 0.284. The third-order valence-electron chi connectivity index (χ3n) is 3.14. The van der Waals surface area contributed by atoms with Gasteiger partial charge < -0.3 is 10.4 Å². The van der Waals surface area contributed by atoms with Crippen molar-refractivity contribution in [2.24, 2.45) is 0 Å². The third kappa shape index (κ3) is 4.66. The van der Waals surface area contributed by atoms with Crippen molar-refractivity contribution in [3.63, 3.8) is 0 Å². The van der Waals surface area contributed by atoms with E-state index in [1.54, 1.807) is 0 Å². The van der Waals surface area contributed by atoms with E-state index in [0.717, 1.165) is 10.2 Å². The molecule has 0 spiro atoms. The Labute approximate surface area is 129 Å². The summed E-state index contributed by atoms with van der Waals surface area (Å²) in [6.45, 7) is 4.72. The molecule has 20 heavy (non-hydrogen) atoms. The molecule has 106 valence electrons. The van der Waals surface area contributed by atoms with Crippen LogP contribution in [0, 0.1) is 13.8 Å². The van der Waals surface area contributed by atoms with Crippen LogP contribution >= 0.6 is 15.9 Å². The standard InChI is InChI=1S/C17H20BrNO/c1-12-7-13(2)9-14(8-12)10-17(20)11-19-16-5-3-15(18)4-6-16/h3-9,17,19-20H,10-11H2,1-2H3. The first-order valence-electron chi connectivity index (χ1n) is 6.77. The smallest absolute Gasteiger partial charge is 0.0752 e. The van der Waals surface area contributed by atoms with Gasteiger partial charge in [-0.15, -0.1) is 0 Å². The molecule has 1 atom stereocenters. The van der Waals surface area contributed by atoms with Crippen LogP contribution in [0.2, 0.25) is 0 Å². The summed E-state index contributed by atoms with van der Waals surface area (Å²) in [5, 5.41) is 13.4. The predicted octanol–water partition coefficient (Wildman–Crippen LogP) is 4.08. The number of aryl methyl sites for hydroxylation is 2. The van der Waals surface area contributed by atoms with E-state index in [1.807, 2.05) is 24.3 Å². The van der Waals surface area contributed by atoms with Gasteiger partial charge >= 0.3 is 0 Å². The van der Waals surface area contributed by atoms with Crippen LogP contribution in [-0.4, -0.2) is 17.8 Å². The summed E-state index contributed by atoms with van der Waals surface area (Å²) < 4.78 is 1.05. The number of aliphatic hydroxyl groups excluding tert-OH is 1. The van der Waals surface area contributed by atoms with Crippen LogP contribution < -0.4 is 5.32 Å². The predicted molar refractivity (Wildman–Crippen MR) is 88.3 cm³/mol. The highest BCUT2D eigenvalue weighted by atomic mass is 79.9. The lowest BCUT2D eigenvalue weighted by molar-refractivity contribution is 0.188. The van der Waals surface area contributed by atoms with E-state index >= 15 is 0 Å². The topological polar surface area (TPSA) is 32.3 Å². The Kier molecular flexibility index (Phi) is 5.21. The van der Waals surface area contributed by atoms with E-state index in [2.05, 4.69) is 53.3 Å². The van der Waals surface area contributed by atoms with Gasteiger partial charge in [0.2, 0.25) is 0 Å². The maximum atomic E-state index is 10.1. The molecule has 2 nitrogen and oxygen atoms in total. The van der Waals surface area contributed by atoms with Gasteiger partial charge in [0.05, 0.1) is 6.10 Å². The van der Waals surface area contributed by atoms with Gasteiger partial charge in [0.1, 0.15) is 0 Å². The highest BCUT2D eigenvalue weighted by Crippen LogP contribution is 2.15. The van der Waals surface area contributed by atoms with Crippen LogP contribution in [0.25, 0.3) is 0 Å². The normalized spacial score (nSPS) is 12.2. The van der Waals surface area contributed by atoms with Crippen LogP contribution in [-0.2, 0) is 6.42 Å². The molecular formula is C17H20BrNO. The fourth-order valence-corrected chi connectivity index (χ4v) is 2.60. The first kappa shape index (κ1) is 15.1. The molecule has 0 saturated heterocycles. The number of anilines is 1. The fraction of sp³-hybridized carbons (Fsp3) is 0.294. The molecule has 0 aromatic heterocycles. The third-order valence-corrected chi connectivity index (χ3v) is 3.67. The first-order chi connectivity index (χ1) is 9.52. The molecule has 0 fully saturated rings. The second-order valence-corrected chi connectivity index (χ2v) is 6.16. The lowest BCUT2D eigenvalue weighted by atomic mass is 10.0. The van der Waals surface area contributed by atoms with E-state index in [9.17, 15) is 5.11 Å². The van der Waals surface area contributed by atoms with Crippen molar-refractivity contribution in [3.8, 4) is 0 Å². The Bertz CT molecular complexity index is 545. The average molecular weight is 334 g/mol. The molecule has 0 saturated carbocycles. The molecule has 2 aromatic rings. The van der Waals surface area contributed by atoms with Gasteiger partial charge in [-0.25, -0.2) is 0 Å². The molecule has 0 radical (unpaired) electrons. The quantitative estimate of drug-likeness (QED) is 0.863. The van der Waals surface area contributed by atoms with Crippen LogP contribution in [0.1, 0.15) is 16.7 Å². The lowest BCUT2D eigenvalue weighted by Gasteiger charge is -2.14. The highest BCUT2D eigenvalue weighted by Gasteiger charge is 2.06. The van der Waals surface area contributed by atoms with Gasteiger partial charge in [-0.05, 0) is 43.7 Å². The van der Waals surface area contributed by atoms with Gasteiger partial charge in [-0.2, -0.15) is 0 Å². The zero-order chi connectivity index (χ0) is 14.5. The largest absolute Gasteiger partial charge is 0.391 e. The molecule has 0 aliphatic carbocycles. The second-order valence-electron chi connectivity index (χ2n) is 5.24. The number of rotatable bonds is 5. The second kappa shape index (κ2) is 6.91. The van der Waals surface area contributed by atoms with Gasteiger partial charge in [0.15, 0.2) is 0 Å². The summed E-state index contributed by atoms with van der Waals surface area (Å²) in [5.74, 6) is 0. The Morgan fingerprint density at radius 1 is 1.05 bits per heavy atom. The molecule has 0 heterocycles. The molecule has 1 unspecified atom stereocenters. The minimum atomic E-state index is -0.389. The van der Waals surface area contributed by atoms with Crippen LogP contribution in [0.5, 0.6) is 0 Å². The van der Waals surface area contributed by atoms with E-state index in [4.69, 9.17) is 0 Å². The van der Waals surface area contributed by atoms with Crippen LogP contribution in [0.15, 0.2) is 46.9 Å². The van der Waals surface area contributed by atoms with E-state index in [0.29, 0.717) is 13.0 Å². The number of aliphatic hydroxyl groups is 1. The Hall–Kier alpha value is -1.32. The molecule has 0 aliphatic heterocycles. The number of halogens is 1. The monoisotopic (exact) mass is 333 g/mol. The molecule has 0 amide bonds. The maximum Gasteiger partial charge on any atom is 0.0752 e. The molecule has 0 bridgehead atoms. The summed E-state index contributed by atoms with van der Waals surface area (Å²) in [5.41, 5.74) is 4.70. The van der Waals surface area contributed by atoms with Gasteiger partial charge in [-0.1, -0.05) is 45.3 Å². The van der Waals surface area contributed by atoms with Crippen molar-refractivity contribution in [2.75, 3.05) is 11.9 Å². The summed E-state index contributed by atoms with van der Waals surface area (Å²) in [4.78, 5) is 0. The number of nitrogens with one attached hydrogen (secondary N) is 1.